The summed E-state index contributed by atoms with van der Waals surface area (Å²) in [5.41, 5.74) is 3.63. The predicted octanol–water partition coefficient (Wildman–Crippen LogP) is 4.11. The summed E-state index contributed by atoms with van der Waals surface area (Å²) in [6.45, 7) is 7.28. The molecule has 0 spiro atoms. The van der Waals surface area contributed by atoms with Crippen LogP contribution in [-0.2, 0) is 0 Å². The fraction of sp³-hybridized carbons (Fsp3) is 0.450. The lowest BCUT2D eigenvalue weighted by Crippen LogP contribution is -2.40. The molecule has 1 amide bonds. The largest absolute Gasteiger partial charge is 0.338 e. The maximum atomic E-state index is 12.4. The zero-order valence-electron chi connectivity index (χ0n) is 15.2. The molecule has 5 nitrogen and oxygen atoms in total. The Morgan fingerprint density at radius 2 is 1.96 bits per heavy atom. The van der Waals surface area contributed by atoms with Crippen molar-refractivity contribution in [2.45, 2.75) is 52.5 Å². The zero-order valence-corrected chi connectivity index (χ0v) is 15.2. The lowest BCUT2D eigenvalue weighted by molar-refractivity contribution is 0.102. The number of rotatable bonds is 4. The smallest absolute Gasteiger partial charge is 0.258 e. The third-order valence-corrected chi connectivity index (χ3v) is 5.02. The average Bonchev–Trinajstić information content (AvgIpc) is 2.65. The first-order valence-corrected chi connectivity index (χ1v) is 9.05. The van der Waals surface area contributed by atoms with Crippen LogP contribution in [0.4, 0.5) is 11.6 Å². The summed E-state index contributed by atoms with van der Waals surface area (Å²) in [5.74, 6) is 0.551. The van der Waals surface area contributed by atoms with Crippen LogP contribution in [0.3, 0.4) is 0 Å². The number of nitrogens with one attached hydrogen (secondary N) is 1. The Balaban J connectivity index is 1.70. The molecule has 0 radical (unpaired) electrons. The molecule has 1 fully saturated rings. The minimum Gasteiger partial charge on any atom is -0.338 e. The highest BCUT2D eigenvalue weighted by atomic mass is 16.1. The van der Waals surface area contributed by atoms with Gasteiger partial charge < -0.3 is 10.2 Å². The number of aromatic nitrogens is 2. The molecule has 1 saturated heterocycles. The van der Waals surface area contributed by atoms with Crippen molar-refractivity contribution in [3.8, 4) is 0 Å². The molecule has 0 bridgehead atoms. The molecule has 2 aromatic rings. The van der Waals surface area contributed by atoms with Crippen molar-refractivity contribution >= 4 is 17.5 Å². The molecule has 2 heterocycles. The van der Waals surface area contributed by atoms with E-state index in [0.29, 0.717) is 11.6 Å². The minimum atomic E-state index is -0.180. The van der Waals surface area contributed by atoms with Gasteiger partial charge in [-0.3, -0.25) is 4.79 Å². The Labute approximate surface area is 149 Å². The van der Waals surface area contributed by atoms with E-state index in [1.807, 2.05) is 25.1 Å². The maximum absolute atomic E-state index is 12.4. The van der Waals surface area contributed by atoms with E-state index in [1.54, 1.807) is 12.4 Å². The summed E-state index contributed by atoms with van der Waals surface area (Å²) in [4.78, 5) is 23.6. The van der Waals surface area contributed by atoms with Gasteiger partial charge in [0.2, 0.25) is 5.95 Å². The summed E-state index contributed by atoms with van der Waals surface area (Å²) in [6.07, 6.45) is 7.98. The Morgan fingerprint density at radius 1 is 1.20 bits per heavy atom. The van der Waals surface area contributed by atoms with Gasteiger partial charge in [-0.2, -0.15) is 0 Å². The van der Waals surface area contributed by atoms with Gasteiger partial charge in [-0.15, -0.1) is 0 Å². The number of anilines is 2. The number of hydrogen-bond donors (Lipinski definition) is 1. The first-order valence-electron chi connectivity index (χ1n) is 9.05. The number of aryl methyl sites for hydroxylation is 2. The summed E-state index contributed by atoms with van der Waals surface area (Å²) >= 11 is 0. The SMILES string of the molecule is CCC1CCCCN1c1ncc(C(=O)Nc2ccc(C)c(C)c2)cn1. The van der Waals surface area contributed by atoms with Crippen LogP contribution in [0.25, 0.3) is 0 Å². The molecule has 0 aliphatic carbocycles. The first kappa shape index (κ1) is 17.4. The van der Waals surface area contributed by atoms with Crippen LogP contribution in [0, 0.1) is 13.8 Å². The topological polar surface area (TPSA) is 58.1 Å². The fourth-order valence-electron chi connectivity index (χ4n) is 3.30. The standard InChI is InChI=1S/C20H26N4O/c1-4-18-7-5-6-10-24(18)20-21-12-16(13-22-20)19(25)23-17-9-8-14(2)15(3)11-17/h8-9,11-13,18H,4-7,10H2,1-3H3,(H,23,25). The molecule has 1 aromatic carbocycles. The molecule has 25 heavy (non-hydrogen) atoms. The number of piperidine rings is 1. The molecule has 132 valence electrons. The second-order valence-electron chi connectivity index (χ2n) is 6.78. The Kier molecular flexibility index (Phi) is 5.31. The molecule has 3 rings (SSSR count). The Morgan fingerprint density at radius 3 is 2.64 bits per heavy atom. The summed E-state index contributed by atoms with van der Waals surface area (Å²) < 4.78 is 0. The van der Waals surface area contributed by atoms with Gasteiger partial charge in [0.25, 0.3) is 5.91 Å². The van der Waals surface area contributed by atoms with Gasteiger partial charge in [0.15, 0.2) is 0 Å². The quantitative estimate of drug-likeness (QED) is 0.911. The van der Waals surface area contributed by atoms with E-state index in [2.05, 4.69) is 34.0 Å². The summed E-state index contributed by atoms with van der Waals surface area (Å²) in [6, 6.07) is 6.40. The van der Waals surface area contributed by atoms with Gasteiger partial charge >= 0.3 is 0 Å². The maximum Gasteiger partial charge on any atom is 0.258 e. The molecule has 1 unspecified atom stereocenters. The van der Waals surface area contributed by atoms with Gasteiger partial charge in [0.05, 0.1) is 5.56 Å². The Hall–Kier alpha value is -2.43. The number of benzene rings is 1. The zero-order chi connectivity index (χ0) is 17.8. The summed E-state index contributed by atoms with van der Waals surface area (Å²) in [7, 11) is 0. The molecule has 1 aromatic heterocycles. The number of hydrogen-bond acceptors (Lipinski definition) is 4. The van der Waals surface area contributed by atoms with Crippen LogP contribution in [0.5, 0.6) is 0 Å². The van der Waals surface area contributed by atoms with Gasteiger partial charge in [-0.1, -0.05) is 13.0 Å². The second-order valence-corrected chi connectivity index (χ2v) is 6.78. The third kappa shape index (κ3) is 3.98. The first-order chi connectivity index (χ1) is 12.1. The van der Waals surface area contributed by atoms with Crippen molar-refractivity contribution in [1.82, 2.24) is 9.97 Å². The summed E-state index contributed by atoms with van der Waals surface area (Å²) in [5, 5.41) is 2.91. The van der Waals surface area contributed by atoms with E-state index in [9.17, 15) is 4.79 Å². The third-order valence-electron chi connectivity index (χ3n) is 5.02. The van der Waals surface area contributed by atoms with Crippen molar-refractivity contribution in [2.75, 3.05) is 16.8 Å². The van der Waals surface area contributed by atoms with Gasteiger partial charge in [-0.05, 0) is 62.8 Å². The number of carbonyl (C=O) groups is 1. The van der Waals surface area contributed by atoms with E-state index in [4.69, 9.17) is 0 Å². The van der Waals surface area contributed by atoms with Crippen molar-refractivity contribution in [3.05, 3.63) is 47.3 Å². The highest BCUT2D eigenvalue weighted by molar-refractivity contribution is 6.03. The van der Waals surface area contributed by atoms with E-state index in [-0.39, 0.29) is 5.91 Å². The van der Waals surface area contributed by atoms with E-state index < -0.39 is 0 Å². The molecule has 0 saturated carbocycles. The number of amides is 1. The normalized spacial score (nSPS) is 17.4. The van der Waals surface area contributed by atoms with Gasteiger partial charge in [0.1, 0.15) is 0 Å². The number of nitrogens with zero attached hydrogens (tertiary/aromatic N) is 3. The molecular weight excluding hydrogens is 312 g/mol. The molecule has 1 N–H and O–H groups in total. The highest BCUT2D eigenvalue weighted by Gasteiger charge is 2.23. The lowest BCUT2D eigenvalue weighted by Gasteiger charge is -2.35. The van der Waals surface area contributed by atoms with E-state index >= 15 is 0 Å². The fourth-order valence-corrected chi connectivity index (χ4v) is 3.30. The van der Waals surface area contributed by atoms with Gasteiger partial charge in [0, 0.05) is 30.7 Å². The Bertz CT molecular complexity index is 742. The second kappa shape index (κ2) is 7.64. The van der Waals surface area contributed by atoms with Crippen molar-refractivity contribution in [1.29, 1.82) is 0 Å². The van der Waals surface area contributed by atoms with Crippen LogP contribution in [0.2, 0.25) is 0 Å². The minimum absolute atomic E-state index is 0.180. The molecular formula is C20H26N4O. The molecule has 1 atom stereocenters. The monoisotopic (exact) mass is 338 g/mol. The van der Waals surface area contributed by atoms with Crippen LogP contribution in [0.15, 0.2) is 30.6 Å². The predicted molar refractivity (Wildman–Crippen MR) is 101 cm³/mol. The van der Waals surface area contributed by atoms with Crippen LogP contribution < -0.4 is 10.2 Å². The van der Waals surface area contributed by atoms with Crippen LogP contribution >= 0.6 is 0 Å². The molecule has 1 aliphatic heterocycles. The molecule has 1 aliphatic rings. The lowest BCUT2D eigenvalue weighted by atomic mass is 10.0. The van der Waals surface area contributed by atoms with Crippen LogP contribution in [0.1, 0.15) is 54.1 Å². The van der Waals surface area contributed by atoms with Gasteiger partial charge in [-0.25, -0.2) is 9.97 Å². The van der Waals surface area contributed by atoms with Crippen molar-refractivity contribution in [2.24, 2.45) is 0 Å². The van der Waals surface area contributed by atoms with Crippen molar-refractivity contribution in [3.63, 3.8) is 0 Å². The highest BCUT2D eigenvalue weighted by Crippen LogP contribution is 2.23. The average molecular weight is 338 g/mol. The molecule has 5 heteroatoms. The number of carbonyl (C=O) groups excluding carboxylic acids is 1. The van der Waals surface area contributed by atoms with E-state index in [0.717, 1.165) is 30.2 Å². The van der Waals surface area contributed by atoms with Crippen LogP contribution in [-0.4, -0.2) is 28.5 Å². The van der Waals surface area contributed by atoms with Crippen molar-refractivity contribution < 1.29 is 4.79 Å². The van der Waals surface area contributed by atoms with E-state index in [1.165, 1.54) is 24.8 Å².